The van der Waals surface area contributed by atoms with Gasteiger partial charge in [0.05, 0.1) is 18.1 Å². The summed E-state index contributed by atoms with van der Waals surface area (Å²) in [6, 6.07) is 9.57. The molecule has 2 unspecified atom stereocenters. The molecule has 1 amide bonds. The molecule has 1 aromatic carbocycles. The zero-order chi connectivity index (χ0) is 11.5. The standard InChI is InChI=1S/C13H14N2O/c1-9-6-12(9)15-13(16)7-10-2-4-11(8-14)5-3-10/h2-5,9,12H,6-7H2,1H3,(H,15,16). The van der Waals surface area contributed by atoms with Gasteiger partial charge in [0.1, 0.15) is 0 Å². The fourth-order valence-corrected chi connectivity index (χ4v) is 1.66. The van der Waals surface area contributed by atoms with Gasteiger partial charge in [-0.05, 0) is 30.0 Å². The van der Waals surface area contributed by atoms with Gasteiger partial charge in [-0.1, -0.05) is 19.1 Å². The van der Waals surface area contributed by atoms with Gasteiger partial charge in [-0.15, -0.1) is 0 Å². The molecular weight excluding hydrogens is 200 g/mol. The quantitative estimate of drug-likeness (QED) is 0.831. The number of benzene rings is 1. The number of nitrogens with one attached hydrogen (secondary N) is 1. The van der Waals surface area contributed by atoms with E-state index in [1.54, 1.807) is 12.1 Å². The molecule has 0 radical (unpaired) electrons. The van der Waals surface area contributed by atoms with Crippen molar-refractivity contribution in [1.29, 1.82) is 5.26 Å². The molecule has 1 aliphatic rings. The molecule has 0 heterocycles. The molecule has 1 aliphatic carbocycles. The zero-order valence-electron chi connectivity index (χ0n) is 9.23. The molecule has 3 nitrogen and oxygen atoms in total. The summed E-state index contributed by atoms with van der Waals surface area (Å²) in [4.78, 5) is 11.6. The Hall–Kier alpha value is -1.82. The number of rotatable bonds is 3. The van der Waals surface area contributed by atoms with Crippen molar-refractivity contribution < 1.29 is 4.79 Å². The second-order valence-corrected chi connectivity index (χ2v) is 4.37. The Bertz CT molecular complexity index is 430. The molecular formula is C13H14N2O. The van der Waals surface area contributed by atoms with E-state index in [0.717, 1.165) is 12.0 Å². The summed E-state index contributed by atoms with van der Waals surface area (Å²) in [5, 5.41) is 11.6. The molecule has 1 fully saturated rings. The second kappa shape index (κ2) is 4.36. The third-order valence-electron chi connectivity index (χ3n) is 2.90. The number of amides is 1. The van der Waals surface area contributed by atoms with Gasteiger partial charge in [0.2, 0.25) is 5.91 Å². The highest BCUT2D eigenvalue weighted by molar-refractivity contribution is 5.79. The lowest BCUT2D eigenvalue weighted by Gasteiger charge is -2.03. The Kier molecular flexibility index (Phi) is 2.91. The SMILES string of the molecule is CC1CC1NC(=O)Cc1ccc(C#N)cc1. The topological polar surface area (TPSA) is 52.9 Å². The first-order chi connectivity index (χ1) is 7.69. The van der Waals surface area contributed by atoms with Crippen molar-refractivity contribution in [3.8, 4) is 6.07 Å². The Morgan fingerprint density at radius 1 is 1.50 bits per heavy atom. The summed E-state index contributed by atoms with van der Waals surface area (Å²) in [5.74, 6) is 0.698. The molecule has 0 aliphatic heterocycles. The van der Waals surface area contributed by atoms with Crippen LogP contribution < -0.4 is 5.32 Å². The molecule has 0 aromatic heterocycles. The van der Waals surface area contributed by atoms with Gasteiger partial charge in [-0.25, -0.2) is 0 Å². The van der Waals surface area contributed by atoms with E-state index in [4.69, 9.17) is 5.26 Å². The van der Waals surface area contributed by atoms with Gasteiger partial charge in [-0.2, -0.15) is 5.26 Å². The first-order valence-corrected chi connectivity index (χ1v) is 5.47. The van der Waals surface area contributed by atoms with Gasteiger partial charge in [0.25, 0.3) is 0 Å². The highest BCUT2D eigenvalue weighted by Crippen LogP contribution is 2.28. The van der Waals surface area contributed by atoms with E-state index in [1.807, 2.05) is 12.1 Å². The Balaban J connectivity index is 1.88. The van der Waals surface area contributed by atoms with Crippen LogP contribution in [0.25, 0.3) is 0 Å². The van der Waals surface area contributed by atoms with Crippen LogP contribution >= 0.6 is 0 Å². The molecule has 0 bridgehead atoms. The lowest BCUT2D eigenvalue weighted by Crippen LogP contribution is -2.28. The Labute approximate surface area is 95.1 Å². The maximum absolute atomic E-state index is 11.6. The van der Waals surface area contributed by atoms with E-state index in [9.17, 15) is 4.79 Å². The molecule has 1 N–H and O–H groups in total. The van der Waals surface area contributed by atoms with E-state index >= 15 is 0 Å². The van der Waals surface area contributed by atoms with Crippen LogP contribution in [0.3, 0.4) is 0 Å². The number of hydrogen-bond acceptors (Lipinski definition) is 2. The molecule has 0 saturated heterocycles. The van der Waals surface area contributed by atoms with E-state index in [0.29, 0.717) is 23.9 Å². The predicted molar refractivity (Wildman–Crippen MR) is 60.6 cm³/mol. The molecule has 2 atom stereocenters. The maximum atomic E-state index is 11.6. The van der Waals surface area contributed by atoms with E-state index in [-0.39, 0.29) is 5.91 Å². The van der Waals surface area contributed by atoms with Crippen LogP contribution in [0.5, 0.6) is 0 Å². The summed E-state index contributed by atoms with van der Waals surface area (Å²) in [6.07, 6.45) is 1.49. The average molecular weight is 214 g/mol. The first kappa shape index (κ1) is 10.7. The van der Waals surface area contributed by atoms with Crippen molar-refractivity contribution in [2.24, 2.45) is 5.92 Å². The largest absolute Gasteiger partial charge is 0.353 e. The molecule has 2 rings (SSSR count). The minimum absolute atomic E-state index is 0.0686. The molecule has 1 aromatic rings. The van der Waals surface area contributed by atoms with Gasteiger partial charge in [0.15, 0.2) is 0 Å². The average Bonchev–Trinajstić information content (AvgIpc) is 2.95. The third-order valence-corrected chi connectivity index (χ3v) is 2.90. The van der Waals surface area contributed by atoms with Crippen LogP contribution in [0.4, 0.5) is 0 Å². The molecule has 0 spiro atoms. The lowest BCUT2D eigenvalue weighted by atomic mass is 10.1. The summed E-state index contributed by atoms with van der Waals surface area (Å²) in [6.45, 7) is 2.13. The zero-order valence-corrected chi connectivity index (χ0v) is 9.23. The number of hydrogen-bond donors (Lipinski definition) is 1. The fraction of sp³-hybridized carbons (Fsp3) is 0.385. The van der Waals surface area contributed by atoms with Crippen LogP contribution in [-0.2, 0) is 11.2 Å². The summed E-state index contributed by atoms with van der Waals surface area (Å²) < 4.78 is 0. The Morgan fingerprint density at radius 2 is 2.12 bits per heavy atom. The van der Waals surface area contributed by atoms with Crippen molar-refractivity contribution >= 4 is 5.91 Å². The number of nitrogens with zero attached hydrogens (tertiary/aromatic N) is 1. The van der Waals surface area contributed by atoms with Crippen molar-refractivity contribution in [2.45, 2.75) is 25.8 Å². The van der Waals surface area contributed by atoms with Gasteiger partial charge < -0.3 is 5.32 Å². The fourth-order valence-electron chi connectivity index (χ4n) is 1.66. The lowest BCUT2D eigenvalue weighted by molar-refractivity contribution is -0.120. The van der Waals surface area contributed by atoms with E-state index in [2.05, 4.69) is 18.3 Å². The number of nitriles is 1. The second-order valence-electron chi connectivity index (χ2n) is 4.37. The molecule has 1 saturated carbocycles. The minimum atomic E-state index is 0.0686. The highest BCUT2D eigenvalue weighted by Gasteiger charge is 2.33. The summed E-state index contributed by atoms with van der Waals surface area (Å²) in [5.41, 5.74) is 1.57. The number of carbonyl (C=O) groups excluding carboxylic acids is 1. The van der Waals surface area contributed by atoms with Crippen molar-refractivity contribution in [2.75, 3.05) is 0 Å². The molecule has 3 heteroatoms. The van der Waals surface area contributed by atoms with Crippen molar-refractivity contribution in [3.63, 3.8) is 0 Å². The normalized spacial score (nSPS) is 22.2. The van der Waals surface area contributed by atoms with Crippen LogP contribution in [-0.4, -0.2) is 11.9 Å². The van der Waals surface area contributed by atoms with Gasteiger partial charge in [-0.3, -0.25) is 4.79 Å². The highest BCUT2D eigenvalue weighted by atomic mass is 16.1. The summed E-state index contributed by atoms with van der Waals surface area (Å²) >= 11 is 0. The summed E-state index contributed by atoms with van der Waals surface area (Å²) in [7, 11) is 0. The van der Waals surface area contributed by atoms with Crippen LogP contribution in [0.15, 0.2) is 24.3 Å². The van der Waals surface area contributed by atoms with E-state index < -0.39 is 0 Å². The molecule has 82 valence electrons. The van der Waals surface area contributed by atoms with Gasteiger partial charge in [0, 0.05) is 6.04 Å². The monoisotopic (exact) mass is 214 g/mol. The van der Waals surface area contributed by atoms with Crippen molar-refractivity contribution in [1.82, 2.24) is 5.32 Å². The maximum Gasteiger partial charge on any atom is 0.224 e. The van der Waals surface area contributed by atoms with Gasteiger partial charge >= 0.3 is 0 Å². The predicted octanol–water partition coefficient (Wildman–Crippen LogP) is 1.63. The molecule has 16 heavy (non-hydrogen) atoms. The van der Waals surface area contributed by atoms with Crippen LogP contribution in [0.1, 0.15) is 24.5 Å². The third kappa shape index (κ3) is 2.60. The smallest absolute Gasteiger partial charge is 0.224 e. The van der Waals surface area contributed by atoms with Crippen LogP contribution in [0, 0.1) is 17.2 Å². The minimum Gasteiger partial charge on any atom is -0.353 e. The van der Waals surface area contributed by atoms with E-state index in [1.165, 1.54) is 0 Å². The van der Waals surface area contributed by atoms with Crippen LogP contribution in [0.2, 0.25) is 0 Å². The number of carbonyl (C=O) groups is 1. The first-order valence-electron chi connectivity index (χ1n) is 5.47. The van der Waals surface area contributed by atoms with Crippen molar-refractivity contribution in [3.05, 3.63) is 35.4 Å². The Morgan fingerprint density at radius 3 is 2.62 bits per heavy atom.